The van der Waals surface area contributed by atoms with Crippen molar-refractivity contribution in [3.63, 3.8) is 0 Å². The van der Waals surface area contributed by atoms with Crippen molar-refractivity contribution in [2.75, 3.05) is 6.61 Å². The minimum Gasteiger partial charge on any atom is -0.396 e. The largest absolute Gasteiger partial charge is 0.396 e. The van der Waals surface area contributed by atoms with Crippen molar-refractivity contribution in [3.05, 3.63) is 36.2 Å². The van der Waals surface area contributed by atoms with Crippen molar-refractivity contribution >= 4 is 11.6 Å². The monoisotopic (exact) mass is 271 g/mol. The number of nitrogens with zero attached hydrogens (tertiary/aromatic N) is 3. The Bertz CT molecular complexity index is 624. The van der Waals surface area contributed by atoms with E-state index < -0.39 is 0 Å². The van der Waals surface area contributed by atoms with Gasteiger partial charge in [-0.25, -0.2) is 4.98 Å². The summed E-state index contributed by atoms with van der Waals surface area (Å²) in [6.07, 6.45) is 9.99. The minimum atomic E-state index is 0.318. The number of aliphatic hydroxyl groups excluding tert-OH is 1. The average molecular weight is 271 g/mol. The van der Waals surface area contributed by atoms with Gasteiger partial charge in [0.1, 0.15) is 5.82 Å². The fraction of sp³-hybridized carbons (Fsp3) is 0.500. The van der Waals surface area contributed by atoms with Crippen LogP contribution in [0.1, 0.15) is 48.8 Å². The second-order valence-electron chi connectivity index (χ2n) is 5.69. The fourth-order valence-electron chi connectivity index (χ4n) is 3.31. The molecule has 1 N–H and O–H groups in total. The molecule has 3 rings (SSSR count). The third kappa shape index (κ3) is 2.14. The summed E-state index contributed by atoms with van der Waals surface area (Å²) in [7, 11) is 0. The number of hydrogen-bond acceptors (Lipinski definition) is 3. The third-order valence-corrected chi connectivity index (χ3v) is 4.45. The highest BCUT2D eigenvalue weighted by Gasteiger charge is 2.26. The molecule has 106 valence electrons. The standard InChI is InChI=1S/C16H21N3O/c1-3-14-15-11(2)18-16(19(15)9-8-17-14)13-6-4-12(10-20)5-7-13/h3,8-9,12-13,20H,1,4-7,10H2,2H3. The molecule has 4 heteroatoms. The Hall–Kier alpha value is -1.68. The molecule has 1 saturated carbocycles. The molecule has 1 fully saturated rings. The number of imidazole rings is 1. The Labute approximate surface area is 119 Å². The highest BCUT2D eigenvalue weighted by Crippen LogP contribution is 2.36. The Balaban J connectivity index is 1.99. The highest BCUT2D eigenvalue weighted by molar-refractivity contribution is 5.68. The maximum absolute atomic E-state index is 9.25. The number of aryl methyl sites for hydroxylation is 1. The van der Waals surface area contributed by atoms with E-state index in [0.29, 0.717) is 18.4 Å². The smallest absolute Gasteiger partial charge is 0.116 e. The predicted molar refractivity (Wildman–Crippen MR) is 79.6 cm³/mol. The maximum Gasteiger partial charge on any atom is 0.116 e. The molecule has 0 unspecified atom stereocenters. The molecule has 0 atom stereocenters. The van der Waals surface area contributed by atoms with E-state index in [9.17, 15) is 5.11 Å². The van der Waals surface area contributed by atoms with E-state index in [1.807, 2.05) is 19.3 Å². The molecule has 1 aliphatic carbocycles. The zero-order chi connectivity index (χ0) is 14.1. The van der Waals surface area contributed by atoms with Gasteiger partial charge in [0.05, 0.1) is 16.9 Å². The molecular weight excluding hydrogens is 250 g/mol. The molecule has 2 aromatic rings. The van der Waals surface area contributed by atoms with Gasteiger partial charge in [0.15, 0.2) is 0 Å². The summed E-state index contributed by atoms with van der Waals surface area (Å²) in [5.74, 6) is 2.10. The van der Waals surface area contributed by atoms with Crippen molar-refractivity contribution in [2.45, 2.75) is 38.5 Å². The Morgan fingerprint density at radius 2 is 2.15 bits per heavy atom. The molecule has 0 aliphatic heterocycles. The molecule has 0 aromatic carbocycles. The normalized spacial score (nSPS) is 23.1. The molecule has 0 bridgehead atoms. The molecule has 0 saturated heterocycles. The Kier molecular flexibility index (Phi) is 3.57. The van der Waals surface area contributed by atoms with E-state index in [2.05, 4.69) is 16.0 Å². The SMILES string of the molecule is C=Cc1nccn2c(C3CCC(CO)CC3)nc(C)c12. The van der Waals surface area contributed by atoms with Crippen LogP contribution in [0.2, 0.25) is 0 Å². The van der Waals surface area contributed by atoms with E-state index in [4.69, 9.17) is 4.98 Å². The molecule has 4 nitrogen and oxygen atoms in total. The lowest BCUT2D eigenvalue weighted by molar-refractivity contribution is 0.181. The van der Waals surface area contributed by atoms with Crippen molar-refractivity contribution in [1.29, 1.82) is 0 Å². The first-order valence-electron chi connectivity index (χ1n) is 7.31. The molecular formula is C16H21N3O. The van der Waals surface area contributed by atoms with Crippen LogP contribution in [-0.4, -0.2) is 26.1 Å². The molecule has 1 aliphatic rings. The average Bonchev–Trinajstić information content (AvgIpc) is 2.85. The second kappa shape index (κ2) is 5.37. The van der Waals surface area contributed by atoms with Crippen LogP contribution in [0.25, 0.3) is 11.6 Å². The zero-order valence-corrected chi connectivity index (χ0v) is 11.9. The number of rotatable bonds is 3. The van der Waals surface area contributed by atoms with Gasteiger partial charge in [-0.2, -0.15) is 0 Å². The zero-order valence-electron chi connectivity index (χ0n) is 11.9. The second-order valence-corrected chi connectivity index (χ2v) is 5.69. The fourth-order valence-corrected chi connectivity index (χ4v) is 3.31. The van der Waals surface area contributed by atoms with Crippen LogP contribution in [0.4, 0.5) is 0 Å². The van der Waals surface area contributed by atoms with Crippen molar-refractivity contribution in [3.8, 4) is 0 Å². The van der Waals surface area contributed by atoms with Gasteiger partial charge < -0.3 is 5.11 Å². The molecule has 20 heavy (non-hydrogen) atoms. The predicted octanol–water partition coefficient (Wildman–Crippen LogP) is 2.95. The van der Waals surface area contributed by atoms with Gasteiger partial charge >= 0.3 is 0 Å². The summed E-state index contributed by atoms with van der Waals surface area (Å²) < 4.78 is 2.17. The summed E-state index contributed by atoms with van der Waals surface area (Å²) in [6, 6.07) is 0. The molecule has 0 spiro atoms. The van der Waals surface area contributed by atoms with Crippen LogP contribution in [-0.2, 0) is 0 Å². The van der Waals surface area contributed by atoms with E-state index in [0.717, 1.165) is 48.4 Å². The van der Waals surface area contributed by atoms with Gasteiger partial charge in [-0.3, -0.25) is 9.38 Å². The van der Waals surface area contributed by atoms with E-state index >= 15 is 0 Å². The first-order valence-corrected chi connectivity index (χ1v) is 7.31. The summed E-state index contributed by atoms with van der Waals surface area (Å²) in [5.41, 5.74) is 2.99. The van der Waals surface area contributed by atoms with E-state index in [1.165, 1.54) is 0 Å². The third-order valence-electron chi connectivity index (χ3n) is 4.45. The van der Waals surface area contributed by atoms with Crippen LogP contribution in [0, 0.1) is 12.8 Å². The van der Waals surface area contributed by atoms with Crippen LogP contribution < -0.4 is 0 Å². The maximum atomic E-state index is 9.25. The number of aliphatic hydroxyl groups is 1. The Morgan fingerprint density at radius 3 is 2.80 bits per heavy atom. The van der Waals surface area contributed by atoms with Gasteiger partial charge in [-0.05, 0) is 44.6 Å². The number of fused-ring (bicyclic) bond motifs is 1. The first kappa shape index (κ1) is 13.3. The molecule has 2 aromatic heterocycles. The van der Waals surface area contributed by atoms with Gasteiger partial charge in [-0.15, -0.1) is 0 Å². The van der Waals surface area contributed by atoms with Gasteiger partial charge in [0.2, 0.25) is 0 Å². The van der Waals surface area contributed by atoms with Crippen molar-refractivity contribution < 1.29 is 5.11 Å². The minimum absolute atomic E-state index is 0.318. The number of hydrogen-bond donors (Lipinski definition) is 1. The van der Waals surface area contributed by atoms with Crippen molar-refractivity contribution in [2.24, 2.45) is 5.92 Å². The van der Waals surface area contributed by atoms with Crippen LogP contribution >= 0.6 is 0 Å². The van der Waals surface area contributed by atoms with Gasteiger partial charge in [0.25, 0.3) is 0 Å². The lowest BCUT2D eigenvalue weighted by Gasteiger charge is -2.26. The molecule has 0 amide bonds. The number of aromatic nitrogens is 3. The highest BCUT2D eigenvalue weighted by atomic mass is 16.3. The lowest BCUT2D eigenvalue weighted by atomic mass is 9.82. The molecule has 0 radical (unpaired) electrons. The van der Waals surface area contributed by atoms with Crippen LogP contribution in [0.5, 0.6) is 0 Å². The Morgan fingerprint density at radius 1 is 1.40 bits per heavy atom. The van der Waals surface area contributed by atoms with Crippen molar-refractivity contribution in [1.82, 2.24) is 14.4 Å². The van der Waals surface area contributed by atoms with Crippen LogP contribution in [0.15, 0.2) is 19.0 Å². The summed E-state index contributed by atoms with van der Waals surface area (Å²) in [4.78, 5) is 9.14. The summed E-state index contributed by atoms with van der Waals surface area (Å²) in [5, 5.41) is 9.25. The quantitative estimate of drug-likeness (QED) is 0.933. The summed E-state index contributed by atoms with van der Waals surface area (Å²) >= 11 is 0. The lowest BCUT2D eigenvalue weighted by Crippen LogP contribution is -2.17. The van der Waals surface area contributed by atoms with Crippen LogP contribution in [0.3, 0.4) is 0 Å². The summed E-state index contributed by atoms with van der Waals surface area (Å²) in [6.45, 7) is 6.19. The van der Waals surface area contributed by atoms with Gasteiger partial charge in [-0.1, -0.05) is 6.58 Å². The van der Waals surface area contributed by atoms with Gasteiger partial charge in [0, 0.05) is 24.9 Å². The topological polar surface area (TPSA) is 50.4 Å². The molecule has 2 heterocycles. The van der Waals surface area contributed by atoms with E-state index in [1.54, 1.807) is 6.08 Å². The first-order chi connectivity index (χ1) is 9.74. The van der Waals surface area contributed by atoms with E-state index in [-0.39, 0.29) is 0 Å².